The molecule has 0 bridgehead atoms. The third kappa shape index (κ3) is 3.56. The van der Waals surface area contributed by atoms with Gasteiger partial charge in [-0.05, 0) is 24.3 Å². The second kappa shape index (κ2) is 8.05. The smallest absolute Gasteiger partial charge is 0.342 e. The Hall–Kier alpha value is -3.56. The maximum atomic E-state index is 12.7. The van der Waals surface area contributed by atoms with Crippen LogP contribution in [0.3, 0.4) is 0 Å². The highest BCUT2D eigenvalue weighted by Crippen LogP contribution is 2.18. The van der Waals surface area contributed by atoms with Gasteiger partial charge in [-0.3, -0.25) is 9.59 Å². The van der Waals surface area contributed by atoms with Crippen molar-refractivity contribution in [3.8, 4) is 5.69 Å². The largest absolute Gasteiger partial charge is 0.438 e. The molecule has 0 N–H and O–H groups in total. The van der Waals surface area contributed by atoms with Crippen LogP contribution in [-0.2, 0) is 11.5 Å². The van der Waals surface area contributed by atoms with Crippen molar-refractivity contribution < 1.29 is 9.53 Å². The Morgan fingerprint density at radius 1 is 1.00 bits per heavy atom. The van der Waals surface area contributed by atoms with Crippen molar-refractivity contribution in [3.05, 3.63) is 91.0 Å². The van der Waals surface area contributed by atoms with Gasteiger partial charge in [0.2, 0.25) is 0 Å². The third-order valence-corrected chi connectivity index (χ3v) is 4.92. The fourth-order valence-corrected chi connectivity index (χ4v) is 2.97. The van der Waals surface area contributed by atoms with Gasteiger partial charge in [0.25, 0.3) is 11.1 Å². The van der Waals surface area contributed by atoms with Gasteiger partial charge in [-0.25, -0.2) is 4.79 Å². The first kappa shape index (κ1) is 19.7. The van der Waals surface area contributed by atoms with Crippen molar-refractivity contribution in [2.45, 2.75) is 6.73 Å². The lowest BCUT2D eigenvalue weighted by atomic mass is 10.2. The highest BCUT2D eigenvalue weighted by atomic mass is 35.5. The maximum Gasteiger partial charge on any atom is 0.342 e. The Morgan fingerprint density at radius 3 is 2.57 bits per heavy atom. The SMILES string of the molecule is O=C(OCn1nnc2ccccc2c1=O)c1ccccc1-n1ncc(Cl)c(Cl)c1=O. The van der Waals surface area contributed by atoms with Crippen molar-refractivity contribution in [1.29, 1.82) is 0 Å². The lowest BCUT2D eigenvalue weighted by molar-refractivity contribution is 0.0336. The van der Waals surface area contributed by atoms with Crippen LogP contribution < -0.4 is 11.1 Å². The Bertz CT molecular complexity index is 1400. The zero-order valence-electron chi connectivity index (χ0n) is 15.0. The minimum absolute atomic E-state index is 0.00720. The van der Waals surface area contributed by atoms with E-state index in [2.05, 4.69) is 15.4 Å². The zero-order chi connectivity index (χ0) is 21.3. The molecule has 0 unspecified atom stereocenters. The molecular weight excluding hydrogens is 433 g/mol. The summed E-state index contributed by atoms with van der Waals surface area (Å²) in [6.45, 7) is -0.465. The maximum absolute atomic E-state index is 12.7. The first-order chi connectivity index (χ1) is 14.5. The molecule has 0 spiro atoms. The van der Waals surface area contributed by atoms with E-state index in [-0.39, 0.29) is 21.3 Å². The van der Waals surface area contributed by atoms with E-state index >= 15 is 0 Å². The van der Waals surface area contributed by atoms with Crippen LogP contribution in [0.1, 0.15) is 10.4 Å². The first-order valence-corrected chi connectivity index (χ1v) is 9.25. The summed E-state index contributed by atoms with van der Waals surface area (Å²) in [5.41, 5.74) is -0.541. The van der Waals surface area contributed by atoms with Gasteiger partial charge in [-0.2, -0.15) is 14.5 Å². The minimum Gasteiger partial charge on any atom is -0.438 e. The number of benzene rings is 2. The number of carbonyl (C=O) groups is 1. The summed E-state index contributed by atoms with van der Waals surface area (Å²) in [5.74, 6) is -0.799. The number of esters is 1. The molecule has 4 aromatic rings. The molecule has 0 aliphatic carbocycles. The molecule has 0 aliphatic heterocycles. The van der Waals surface area contributed by atoms with Crippen molar-refractivity contribution in [1.82, 2.24) is 24.8 Å². The van der Waals surface area contributed by atoms with Crippen LogP contribution in [0, 0.1) is 0 Å². The quantitative estimate of drug-likeness (QED) is 0.445. The summed E-state index contributed by atoms with van der Waals surface area (Å²) in [6, 6.07) is 12.8. The molecule has 0 saturated heterocycles. The Morgan fingerprint density at radius 2 is 1.73 bits per heavy atom. The molecular formula is C19H11Cl2N5O4. The molecule has 4 rings (SSSR count). The van der Waals surface area contributed by atoms with E-state index in [0.717, 1.165) is 9.36 Å². The summed E-state index contributed by atoms with van der Waals surface area (Å²) in [5, 5.41) is 11.7. The van der Waals surface area contributed by atoms with E-state index in [0.29, 0.717) is 10.9 Å². The van der Waals surface area contributed by atoms with E-state index in [9.17, 15) is 14.4 Å². The standard InChI is InChI=1S/C19H11Cl2N5O4/c20-13-9-22-26(18(28)16(13)21)15-8-4-2-6-12(15)19(29)30-10-25-17(27)11-5-1-3-7-14(11)23-24-25/h1-9H,10H2. The molecule has 0 radical (unpaired) electrons. The summed E-state index contributed by atoms with van der Waals surface area (Å²) in [7, 11) is 0. The molecule has 0 amide bonds. The van der Waals surface area contributed by atoms with Crippen LogP contribution >= 0.6 is 23.2 Å². The van der Waals surface area contributed by atoms with Gasteiger partial charge in [0.05, 0.1) is 27.9 Å². The zero-order valence-corrected chi connectivity index (χ0v) is 16.5. The van der Waals surface area contributed by atoms with Crippen LogP contribution in [0.4, 0.5) is 0 Å². The van der Waals surface area contributed by atoms with Crippen LogP contribution in [0.2, 0.25) is 10.0 Å². The van der Waals surface area contributed by atoms with Gasteiger partial charge >= 0.3 is 5.97 Å². The van der Waals surface area contributed by atoms with Gasteiger partial charge < -0.3 is 4.74 Å². The summed E-state index contributed by atoms with van der Waals surface area (Å²) in [6.07, 6.45) is 1.19. The molecule has 0 saturated carbocycles. The molecule has 150 valence electrons. The van der Waals surface area contributed by atoms with Crippen LogP contribution in [0.25, 0.3) is 16.6 Å². The van der Waals surface area contributed by atoms with E-state index in [4.69, 9.17) is 27.9 Å². The molecule has 0 fully saturated rings. The van der Waals surface area contributed by atoms with E-state index < -0.39 is 23.8 Å². The summed E-state index contributed by atoms with van der Waals surface area (Å²) < 4.78 is 7.08. The number of fused-ring (bicyclic) bond motifs is 1. The molecule has 9 nitrogen and oxygen atoms in total. The van der Waals surface area contributed by atoms with Gasteiger partial charge in [-0.15, -0.1) is 5.10 Å². The number of hydrogen-bond donors (Lipinski definition) is 0. The number of aromatic nitrogens is 5. The second-order valence-corrected chi connectivity index (χ2v) is 6.80. The molecule has 2 aromatic carbocycles. The number of hydrogen-bond acceptors (Lipinski definition) is 7. The number of nitrogens with zero attached hydrogens (tertiary/aromatic N) is 5. The van der Waals surface area contributed by atoms with E-state index in [1.807, 2.05) is 0 Å². The highest BCUT2D eigenvalue weighted by Gasteiger charge is 2.18. The van der Waals surface area contributed by atoms with Crippen LogP contribution in [0.15, 0.2) is 64.3 Å². The fourth-order valence-electron chi connectivity index (χ4n) is 2.72. The van der Waals surface area contributed by atoms with Gasteiger partial charge in [0, 0.05) is 0 Å². The van der Waals surface area contributed by atoms with Gasteiger partial charge in [-0.1, -0.05) is 52.7 Å². The lowest BCUT2D eigenvalue weighted by Gasteiger charge is -2.11. The average molecular weight is 444 g/mol. The molecule has 0 atom stereocenters. The first-order valence-electron chi connectivity index (χ1n) is 8.50. The number of carbonyl (C=O) groups excluding carboxylic acids is 1. The fraction of sp³-hybridized carbons (Fsp3) is 0.0526. The van der Waals surface area contributed by atoms with Gasteiger partial charge in [0.15, 0.2) is 6.73 Å². The van der Waals surface area contributed by atoms with Crippen LogP contribution in [-0.4, -0.2) is 30.7 Å². The van der Waals surface area contributed by atoms with Crippen molar-refractivity contribution in [2.24, 2.45) is 0 Å². The predicted molar refractivity (Wildman–Crippen MR) is 109 cm³/mol. The third-order valence-electron chi connectivity index (χ3n) is 4.18. The van der Waals surface area contributed by atoms with Crippen LogP contribution in [0.5, 0.6) is 0 Å². The molecule has 0 aliphatic rings. The van der Waals surface area contributed by atoms with Crippen molar-refractivity contribution in [2.75, 3.05) is 0 Å². The molecule has 30 heavy (non-hydrogen) atoms. The number of ether oxygens (including phenoxy) is 1. The molecule has 2 heterocycles. The number of halogens is 2. The summed E-state index contributed by atoms with van der Waals surface area (Å²) >= 11 is 11.7. The number of rotatable bonds is 4. The van der Waals surface area contributed by atoms with E-state index in [1.165, 1.54) is 18.3 Å². The normalized spacial score (nSPS) is 10.9. The Labute approximate surface area is 178 Å². The number of para-hydroxylation sites is 1. The average Bonchev–Trinajstić information content (AvgIpc) is 2.77. The van der Waals surface area contributed by atoms with Crippen molar-refractivity contribution in [3.63, 3.8) is 0 Å². The molecule has 2 aromatic heterocycles. The monoisotopic (exact) mass is 443 g/mol. The second-order valence-electron chi connectivity index (χ2n) is 6.01. The van der Waals surface area contributed by atoms with E-state index in [1.54, 1.807) is 36.4 Å². The Balaban J connectivity index is 1.65. The van der Waals surface area contributed by atoms with Gasteiger partial charge in [0.1, 0.15) is 10.5 Å². The summed E-state index contributed by atoms with van der Waals surface area (Å²) in [4.78, 5) is 37.5. The Kier molecular flexibility index (Phi) is 5.30. The lowest BCUT2D eigenvalue weighted by Crippen LogP contribution is -2.27. The predicted octanol–water partition coefficient (Wildman–Crippen LogP) is 2.46. The minimum atomic E-state index is -0.799. The van der Waals surface area contributed by atoms with Crippen molar-refractivity contribution >= 4 is 40.1 Å². The molecule has 11 heteroatoms. The topological polar surface area (TPSA) is 109 Å². The highest BCUT2D eigenvalue weighted by molar-refractivity contribution is 6.41.